The third-order valence-corrected chi connectivity index (χ3v) is 4.00. The molecule has 2 fully saturated rings. The summed E-state index contributed by atoms with van der Waals surface area (Å²) < 4.78 is 5.35. The Labute approximate surface area is 97.3 Å². The molecule has 0 bridgehead atoms. The van der Waals surface area contributed by atoms with Crippen molar-refractivity contribution < 1.29 is 9.53 Å². The summed E-state index contributed by atoms with van der Waals surface area (Å²) in [4.78, 5) is 14.0. The first-order chi connectivity index (χ1) is 7.72. The summed E-state index contributed by atoms with van der Waals surface area (Å²) in [6.07, 6.45) is 4.75. The molecule has 1 N–H and O–H groups in total. The van der Waals surface area contributed by atoms with Gasteiger partial charge in [0.05, 0.1) is 12.0 Å². The van der Waals surface area contributed by atoms with Crippen LogP contribution >= 0.6 is 0 Å². The molecule has 92 valence electrons. The normalized spacial score (nSPS) is 30.9. The quantitative estimate of drug-likeness (QED) is 0.767. The van der Waals surface area contributed by atoms with Crippen molar-refractivity contribution in [1.82, 2.24) is 10.2 Å². The second-order valence-corrected chi connectivity index (χ2v) is 4.97. The van der Waals surface area contributed by atoms with Crippen LogP contribution < -0.4 is 5.32 Å². The van der Waals surface area contributed by atoms with Gasteiger partial charge in [-0.15, -0.1) is 0 Å². The van der Waals surface area contributed by atoms with Gasteiger partial charge in [-0.05, 0) is 25.7 Å². The lowest BCUT2D eigenvalue weighted by molar-refractivity contribution is -0.139. The Kier molecular flexibility index (Phi) is 3.82. The SMILES string of the molecule is COC1CCC(N(C)C(=O)C2CNC2)CC1. The van der Waals surface area contributed by atoms with E-state index in [4.69, 9.17) is 4.74 Å². The maximum atomic E-state index is 12.0. The van der Waals surface area contributed by atoms with E-state index < -0.39 is 0 Å². The van der Waals surface area contributed by atoms with Crippen LogP contribution in [0.2, 0.25) is 0 Å². The third-order valence-electron chi connectivity index (χ3n) is 4.00. The molecular weight excluding hydrogens is 204 g/mol. The summed E-state index contributed by atoms with van der Waals surface area (Å²) in [5.74, 6) is 0.546. The van der Waals surface area contributed by atoms with Gasteiger partial charge in [0.25, 0.3) is 0 Å². The predicted octanol–water partition coefficient (Wildman–Crippen LogP) is 0.622. The molecule has 0 aromatic heterocycles. The highest BCUT2D eigenvalue weighted by Gasteiger charge is 2.32. The minimum Gasteiger partial charge on any atom is -0.381 e. The standard InChI is InChI=1S/C12H22N2O2/c1-14(12(15)9-7-13-8-9)10-3-5-11(16-2)6-4-10/h9-11,13H,3-8H2,1-2H3. The van der Waals surface area contributed by atoms with Crippen molar-refractivity contribution >= 4 is 5.91 Å². The number of nitrogens with zero attached hydrogens (tertiary/aromatic N) is 1. The minimum absolute atomic E-state index is 0.227. The van der Waals surface area contributed by atoms with Crippen LogP contribution in [0.5, 0.6) is 0 Å². The molecule has 1 saturated heterocycles. The minimum atomic E-state index is 0.227. The number of ether oxygens (including phenoxy) is 1. The Morgan fingerprint density at radius 1 is 1.25 bits per heavy atom. The molecule has 0 spiro atoms. The van der Waals surface area contributed by atoms with E-state index in [0.717, 1.165) is 38.8 Å². The van der Waals surface area contributed by atoms with Gasteiger partial charge < -0.3 is 15.0 Å². The second kappa shape index (κ2) is 5.15. The Bertz CT molecular complexity index is 245. The van der Waals surface area contributed by atoms with E-state index >= 15 is 0 Å². The van der Waals surface area contributed by atoms with Gasteiger partial charge in [-0.1, -0.05) is 0 Å². The zero-order chi connectivity index (χ0) is 11.5. The van der Waals surface area contributed by atoms with Crippen molar-refractivity contribution in [3.63, 3.8) is 0 Å². The summed E-state index contributed by atoms with van der Waals surface area (Å²) in [6, 6.07) is 0.430. The van der Waals surface area contributed by atoms with Gasteiger partial charge in [0.1, 0.15) is 0 Å². The van der Waals surface area contributed by atoms with Gasteiger partial charge in [-0.2, -0.15) is 0 Å². The molecule has 4 nitrogen and oxygen atoms in total. The second-order valence-electron chi connectivity index (χ2n) is 4.97. The Balaban J connectivity index is 1.81. The maximum Gasteiger partial charge on any atom is 0.228 e. The number of nitrogens with one attached hydrogen (secondary N) is 1. The number of carbonyl (C=O) groups is 1. The molecule has 0 aromatic carbocycles. The number of rotatable bonds is 3. The molecule has 0 atom stereocenters. The highest BCUT2D eigenvalue weighted by Crippen LogP contribution is 2.25. The molecule has 4 heteroatoms. The zero-order valence-corrected chi connectivity index (χ0v) is 10.2. The van der Waals surface area contributed by atoms with E-state index in [9.17, 15) is 4.79 Å². The number of methoxy groups -OCH3 is 1. The van der Waals surface area contributed by atoms with Crippen molar-refractivity contribution in [3.8, 4) is 0 Å². The zero-order valence-electron chi connectivity index (χ0n) is 10.2. The van der Waals surface area contributed by atoms with E-state index in [1.807, 2.05) is 11.9 Å². The lowest BCUT2D eigenvalue weighted by Crippen LogP contribution is -2.53. The Morgan fingerprint density at radius 2 is 1.88 bits per heavy atom. The molecule has 2 aliphatic rings. The largest absolute Gasteiger partial charge is 0.381 e. The lowest BCUT2D eigenvalue weighted by atomic mass is 9.91. The average Bonchev–Trinajstić information content (AvgIpc) is 2.26. The van der Waals surface area contributed by atoms with Crippen LogP contribution in [0.4, 0.5) is 0 Å². The first kappa shape index (κ1) is 11.9. The predicted molar refractivity (Wildman–Crippen MR) is 62.2 cm³/mol. The molecule has 0 unspecified atom stereocenters. The van der Waals surface area contributed by atoms with Crippen LogP contribution in [0.3, 0.4) is 0 Å². The summed E-state index contributed by atoms with van der Waals surface area (Å²) >= 11 is 0. The summed E-state index contributed by atoms with van der Waals surface area (Å²) in [6.45, 7) is 1.72. The van der Waals surface area contributed by atoms with E-state index in [2.05, 4.69) is 5.32 Å². The van der Waals surface area contributed by atoms with Gasteiger partial charge in [-0.25, -0.2) is 0 Å². The van der Waals surface area contributed by atoms with Crippen molar-refractivity contribution in [1.29, 1.82) is 0 Å². The molecule has 16 heavy (non-hydrogen) atoms. The molecule has 1 aliphatic carbocycles. The number of hydrogen-bond donors (Lipinski definition) is 1. The van der Waals surface area contributed by atoms with E-state index in [1.54, 1.807) is 7.11 Å². The topological polar surface area (TPSA) is 41.6 Å². The molecule has 1 heterocycles. The number of amides is 1. The maximum absolute atomic E-state index is 12.0. The van der Waals surface area contributed by atoms with Crippen molar-refractivity contribution in [3.05, 3.63) is 0 Å². The molecule has 1 saturated carbocycles. The summed E-state index contributed by atoms with van der Waals surface area (Å²) in [7, 11) is 3.73. The number of hydrogen-bond acceptors (Lipinski definition) is 3. The fraction of sp³-hybridized carbons (Fsp3) is 0.917. The first-order valence-corrected chi connectivity index (χ1v) is 6.22. The van der Waals surface area contributed by atoms with Crippen molar-refractivity contribution in [2.75, 3.05) is 27.2 Å². The van der Waals surface area contributed by atoms with Gasteiger partial charge in [0.15, 0.2) is 0 Å². The Hall–Kier alpha value is -0.610. The van der Waals surface area contributed by atoms with Crippen molar-refractivity contribution in [2.24, 2.45) is 5.92 Å². The van der Waals surface area contributed by atoms with E-state index in [0.29, 0.717) is 18.1 Å². The molecule has 0 aromatic rings. The monoisotopic (exact) mass is 226 g/mol. The lowest BCUT2D eigenvalue weighted by Gasteiger charge is -2.38. The first-order valence-electron chi connectivity index (χ1n) is 6.22. The van der Waals surface area contributed by atoms with Crippen molar-refractivity contribution in [2.45, 2.75) is 37.8 Å². The van der Waals surface area contributed by atoms with Gasteiger partial charge in [-0.3, -0.25) is 4.79 Å². The Morgan fingerprint density at radius 3 is 2.31 bits per heavy atom. The van der Waals surface area contributed by atoms with Crippen LogP contribution in [0.25, 0.3) is 0 Å². The third kappa shape index (κ3) is 2.38. The highest BCUT2D eigenvalue weighted by molar-refractivity contribution is 5.80. The molecule has 1 amide bonds. The van der Waals surface area contributed by atoms with Crippen LogP contribution in [-0.4, -0.2) is 50.2 Å². The van der Waals surface area contributed by atoms with E-state index in [1.165, 1.54) is 0 Å². The molecule has 0 radical (unpaired) electrons. The van der Waals surface area contributed by atoms with Crippen LogP contribution in [0.1, 0.15) is 25.7 Å². The molecule has 1 aliphatic heterocycles. The average molecular weight is 226 g/mol. The summed E-state index contributed by atoms with van der Waals surface area (Å²) in [5.41, 5.74) is 0. The van der Waals surface area contributed by atoms with Gasteiger partial charge >= 0.3 is 0 Å². The highest BCUT2D eigenvalue weighted by atomic mass is 16.5. The van der Waals surface area contributed by atoms with Gasteiger partial charge in [0, 0.05) is 33.3 Å². The number of carbonyl (C=O) groups excluding carboxylic acids is 1. The molecular formula is C12H22N2O2. The van der Waals surface area contributed by atoms with E-state index in [-0.39, 0.29) is 5.92 Å². The fourth-order valence-electron chi connectivity index (χ4n) is 2.60. The smallest absolute Gasteiger partial charge is 0.228 e. The van der Waals surface area contributed by atoms with Gasteiger partial charge in [0.2, 0.25) is 5.91 Å². The fourth-order valence-corrected chi connectivity index (χ4v) is 2.60. The van der Waals surface area contributed by atoms with Crippen LogP contribution in [0, 0.1) is 5.92 Å². The van der Waals surface area contributed by atoms with Crippen LogP contribution in [0.15, 0.2) is 0 Å². The van der Waals surface area contributed by atoms with Crippen LogP contribution in [-0.2, 0) is 9.53 Å². The molecule has 2 rings (SSSR count). The summed E-state index contributed by atoms with van der Waals surface area (Å²) in [5, 5.41) is 3.15.